The summed E-state index contributed by atoms with van der Waals surface area (Å²) >= 11 is 5.79. The Labute approximate surface area is 139 Å². The van der Waals surface area contributed by atoms with Gasteiger partial charge in [0.05, 0.1) is 12.3 Å². The van der Waals surface area contributed by atoms with Crippen LogP contribution in [0.15, 0.2) is 64.7 Å². The molecule has 6 heteroatoms. The first-order chi connectivity index (χ1) is 11.1. The van der Waals surface area contributed by atoms with Gasteiger partial charge in [-0.2, -0.15) is 0 Å². The number of hydrogen-bond donors (Lipinski definition) is 2. The standard InChI is InChI=1S/C17H16ClN3O2/c1-12(19-11-13-5-3-2-4-6-13)16(21-23)17(22)20-15-9-7-14(18)8-10-15/h2-10,23H,11H2,1H3,(H,20,22)/b19-12?,21-16+. The van der Waals surface area contributed by atoms with Crippen molar-refractivity contribution in [3.8, 4) is 0 Å². The molecule has 0 aliphatic heterocycles. The quantitative estimate of drug-likeness (QED) is 0.498. The minimum atomic E-state index is -0.538. The second-order valence-corrected chi connectivity index (χ2v) is 5.23. The summed E-state index contributed by atoms with van der Waals surface area (Å²) < 4.78 is 0. The van der Waals surface area contributed by atoms with Crippen LogP contribution in [0.4, 0.5) is 5.69 Å². The number of nitrogens with one attached hydrogen (secondary N) is 1. The molecule has 1 amide bonds. The summed E-state index contributed by atoms with van der Waals surface area (Å²) in [5.41, 5.74) is 1.78. The Morgan fingerprint density at radius 1 is 1.13 bits per heavy atom. The fraction of sp³-hybridized carbons (Fsp3) is 0.118. The summed E-state index contributed by atoms with van der Waals surface area (Å²) in [6.45, 7) is 2.03. The molecule has 23 heavy (non-hydrogen) atoms. The number of benzene rings is 2. The number of carbonyl (C=O) groups is 1. The number of amides is 1. The van der Waals surface area contributed by atoms with Gasteiger partial charge in [-0.25, -0.2) is 0 Å². The lowest BCUT2D eigenvalue weighted by Gasteiger charge is -2.07. The molecule has 0 spiro atoms. The normalized spacial score (nSPS) is 12.1. The van der Waals surface area contributed by atoms with Crippen LogP contribution >= 0.6 is 11.6 Å². The fourth-order valence-corrected chi connectivity index (χ4v) is 2.00. The van der Waals surface area contributed by atoms with E-state index in [1.807, 2.05) is 30.3 Å². The summed E-state index contributed by atoms with van der Waals surface area (Å²) in [6, 6.07) is 16.2. The van der Waals surface area contributed by atoms with E-state index < -0.39 is 5.91 Å². The van der Waals surface area contributed by atoms with Crippen LogP contribution in [-0.4, -0.2) is 22.5 Å². The molecule has 0 fully saturated rings. The highest BCUT2D eigenvalue weighted by atomic mass is 35.5. The second kappa shape index (κ2) is 8.10. The van der Waals surface area contributed by atoms with Crippen molar-refractivity contribution in [1.82, 2.24) is 0 Å². The average molecular weight is 330 g/mol. The van der Waals surface area contributed by atoms with Crippen LogP contribution < -0.4 is 5.32 Å². The lowest BCUT2D eigenvalue weighted by atomic mass is 10.2. The molecule has 0 unspecified atom stereocenters. The Morgan fingerprint density at radius 3 is 2.39 bits per heavy atom. The molecule has 0 saturated heterocycles. The number of aliphatic imine (C=N–C) groups is 1. The van der Waals surface area contributed by atoms with Crippen molar-refractivity contribution >= 4 is 34.6 Å². The molecule has 0 aliphatic rings. The number of nitrogens with zero attached hydrogens (tertiary/aromatic N) is 2. The number of halogens is 1. The van der Waals surface area contributed by atoms with Crippen molar-refractivity contribution in [3.05, 3.63) is 65.2 Å². The van der Waals surface area contributed by atoms with Crippen molar-refractivity contribution in [3.63, 3.8) is 0 Å². The summed E-state index contributed by atoms with van der Waals surface area (Å²) in [7, 11) is 0. The predicted octanol–water partition coefficient (Wildman–Crippen LogP) is 3.77. The van der Waals surface area contributed by atoms with Gasteiger partial charge in [0.25, 0.3) is 5.91 Å². The van der Waals surface area contributed by atoms with Gasteiger partial charge in [-0.15, -0.1) is 0 Å². The molecular formula is C17H16ClN3O2. The number of oxime groups is 1. The molecule has 0 heterocycles. The molecule has 0 bridgehead atoms. The SMILES string of the molecule is CC(=NCc1ccccc1)/C(=N\O)C(=O)Nc1ccc(Cl)cc1. The van der Waals surface area contributed by atoms with E-state index in [2.05, 4.69) is 15.5 Å². The van der Waals surface area contributed by atoms with Gasteiger partial charge in [-0.1, -0.05) is 47.1 Å². The third kappa shape index (κ3) is 4.93. The lowest BCUT2D eigenvalue weighted by Crippen LogP contribution is -2.28. The molecule has 0 aromatic heterocycles. The van der Waals surface area contributed by atoms with Crippen molar-refractivity contribution in [1.29, 1.82) is 0 Å². The van der Waals surface area contributed by atoms with E-state index >= 15 is 0 Å². The van der Waals surface area contributed by atoms with Gasteiger partial charge in [-0.05, 0) is 36.8 Å². The van der Waals surface area contributed by atoms with Gasteiger partial charge in [0.2, 0.25) is 0 Å². The maximum atomic E-state index is 12.2. The first-order valence-corrected chi connectivity index (χ1v) is 7.32. The van der Waals surface area contributed by atoms with Crippen LogP contribution in [-0.2, 0) is 11.3 Å². The Morgan fingerprint density at radius 2 is 1.78 bits per heavy atom. The highest BCUT2D eigenvalue weighted by Crippen LogP contribution is 2.13. The summed E-state index contributed by atoms with van der Waals surface area (Å²) in [5, 5.41) is 15.4. The molecule has 2 aromatic rings. The predicted molar refractivity (Wildman–Crippen MR) is 92.6 cm³/mol. The molecule has 2 N–H and O–H groups in total. The maximum Gasteiger partial charge on any atom is 0.279 e. The van der Waals surface area contributed by atoms with Crippen LogP contribution in [0.3, 0.4) is 0 Å². The highest BCUT2D eigenvalue weighted by molar-refractivity contribution is 6.68. The van der Waals surface area contributed by atoms with Crippen LogP contribution in [0.1, 0.15) is 12.5 Å². The maximum absolute atomic E-state index is 12.2. The van der Waals surface area contributed by atoms with Gasteiger partial charge in [0.15, 0.2) is 5.71 Å². The first kappa shape index (κ1) is 16.7. The van der Waals surface area contributed by atoms with Crippen LogP contribution in [0.25, 0.3) is 0 Å². The topological polar surface area (TPSA) is 74.0 Å². The van der Waals surface area contributed by atoms with E-state index in [4.69, 9.17) is 16.8 Å². The number of hydrogen-bond acceptors (Lipinski definition) is 4. The van der Waals surface area contributed by atoms with Crippen LogP contribution in [0, 0.1) is 0 Å². The Bertz CT molecular complexity index is 725. The smallest absolute Gasteiger partial charge is 0.279 e. The van der Waals surface area contributed by atoms with Gasteiger partial charge in [0.1, 0.15) is 0 Å². The van der Waals surface area contributed by atoms with Crippen molar-refractivity contribution in [2.45, 2.75) is 13.5 Å². The van der Waals surface area contributed by atoms with Gasteiger partial charge >= 0.3 is 0 Å². The Kier molecular flexibility index (Phi) is 5.88. The zero-order valence-corrected chi connectivity index (χ0v) is 13.3. The number of rotatable bonds is 5. The minimum absolute atomic E-state index is 0.129. The largest absolute Gasteiger partial charge is 0.410 e. The molecule has 2 rings (SSSR count). The summed E-state index contributed by atoms with van der Waals surface area (Å²) in [5.74, 6) is -0.538. The number of carbonyl (C=O) groups excluding carboxylic acids is 1. The zero-order chi connectivity index (χ0) is 16.7. The monoisotopic (exact) mass is 329 g/mol. The molecule has 0 saturated carbocycles. The molecule has 5 nitrogen and oxygen atoms in total. The molecule has 118 valence electrons. The Balaban J connectivity index is 2.05. The van der Waals surface area contributed by atoms with E-state index in [1.165, 1.54) is 0 Å². The van der Waals surface area contributed by atoms with Crippen molar-refractivity contribution in [2.75, 3.05) is 5.32 Å². The van der Waals surface area contributed by atoms with Gasteiger partial charge in [-0.3, -0.25) is 9.79 Å². The van der Waals surface area contributed by atoms with Crippen molar-refractivity contribution in [2.24, 2.45) is 10.1 Å². The molecule has 0 radical (unpaired) electrons. The van der Waals surface area contributed by atoms with Crippen molar-refractivity contribution < 1.29 is 10.0 Å². The third-order valence-corrected chi connectivity index (χ3v) is 3.35. The highest BCUT2D eigenvalue weighted by Gasteiger charge is 2.15. The van der Waals surface area contributed by atoms with Crippen LogP contribution in [0.2, 0.25) is 5.02 Å². The van der Waals surface area contributed by atoms with E-state index in [0.29, 0.717) is 23.0 Å². The summed E-state index contributed by atoms with van der Waals surface area (Å²) in [4.78, 5) is 16.5. The lowest BCUT2D eigenvalue weighted by molar-refractivity contribution is -0.110. The van der Waals surface area contributed by atoms with Crippen LogP contribution in [0.5, 0.6) is 0 Å². The number of anilines is 1. The zero-order valence-electron chi connectivity index (χ0n) is 12.5. The van der Waals surface area contributed by atoms with E-state index in [-0.39, 0.29) is 5.71 Å². The first-order valence-electron chi connectivity index (χ1n) is 6.94. The molecule has 0 aliphatic carbocycles. The molecule has 0 atom stereocenters. The minimum Gasteiger partial charge on any atom is -0.410 e. The molecule has 2 aromatic carbocycles. The van der Waals surface area contributed by atoms with E-state index in [0.717, 1.165) is 5.56 Å². The molecular weight excluding hydrogens is 314 g/mol. The van der Waals surface area contributed by atoms with Gasteiger partial charge < -0.3 is 10.5 Å². The van der Waals surface area contributed by atoms with E-state index in [9.17, 15) is 4.79 Å². The van der Waals surface area contributed by atoms with Gasteiger partial charge in [0, 0.05) is 10.7 Å². The third-order valence-electron chi connectivity index (χ3n) is 3.10. The van der Waals surface area contributed by atoms with E-state index in [1.54, 1.807) is 31.2 Å². The second-order valence-electron chi connectivity index (χ2n) is 4.80. The Hall–Kier alpha value is -2.66. The average Bonchev–Trinajstić information content (AvgIpc) is 2.57. The fourth-order valence-electron chi connectivity index (χ4n) is 1.87. The summed E-state index contributed by atoms with van der Waals surface area (Å²) in [6.07, 6.45) is 0.